The standard InChI is InChI=1S/C76H104N20O18S/c1-41(97)64-74(113)92-57(36-48-38-84-50-16-8-7-15-49(48)50)71(110)88-52(20-22-60(78)100)67(106)93-59(40-115-32-26-54(86-43(3)99)68(107)87-53(69(108)95-64)21-23-61(79)101)72(111)89-55(34-44-24-30-82-31-25-44)70(109)90-56(35-45-18-19-46-13-5-6-14-47(46)33-45)73(112)96-76(4,27-10-11-28-77)75(114)94-51(17-9-12-29-83-42(2)98)66(105)91-58(37-62(80)102)65(104)85-39-63(81)103/h5-8,13-16,18-19,24-25,30-31,33,38,41,51-59,64,84,97H,9-12,17,20-23,26-29,32,34-37,39-40,77H2,1-4H3,(H2,78,100)(H2,79,101)(H2,80,102)(H2,81,103)(H,83,98)(H,85,104)(H,86,99)(H,87,107)(H,88,110)(H,89,111)(H,90,109)(H,91,105)(H,92,113)(H,93,106)(H,94,114)(H,95,108)(H,96,112)/t41-,51+,52+,53+,54+,55+,56+,57+,58+,59+,64+,76+/m1/s1. The van der Waals surface area contributed by atoms with E-state index in [1.807, 2.05) is 18.2 Å². The quantitative estimate of drug-likeness (QED) is 0.0166. The van der Waals surface area contributed by atoms with Crippen molar-refractivity contribution in [3.05, 3.63) is 114 Å². The molecule has 3 aromatic carbocycles. The predicted molar refractivity (Wildman–Crippen MR) is 421 cm³/mol. The van der Waals surface area contributed by atoms with Crippen LogP contribution in [0.1, 0.15) is 121 Å². The number of nitrogens with zero attached hydrogens (tertiary/aromatic N) is 1. The number of aliphatic hydroxyl groups is 1. The number of H-pyrrole nitrogens is 1. The molecule has 5 aromatic rings. The molecule has 12 atom stereocenters. The van der Waals surface area contributed by atoms with Crippen LogP contribution in [0.5, 0.6) is 0 Å². The number of unbranched alkanes of at least 4 members (excludes halogenated alkanes) is 2. The van der Waals surface area contributed by atoms with Gasteiger partial charge in [-0.1, -0.05) is 60.7 Å². The maximum atomic E-state index is 15.6. The Morgan fingerprint density at radius 1 is 0.600 bits per heavy atom. The van der Waals surface area contributed by atoms with Gasteiger partial charge in [-0.05, 0) is 130 Å². The van der Waals surface area contributed by atoms with Gasteiger partial charge in [0.2, 0.25) is 100 Å². The number of para-hydroxylation sites is 1. The van der Waals surface area contributed by atoms with Crippen molar-refractivity contribution in [3.8, 4) is 0 Å². The summed E-state index contributed by atoms with van der Waals surface area (Å²) in [6, 6.07) is 5.78. The SMILES string of the molecule is CC(=O)NCCCC[C@H](NC(=O)[C@](C)(CCCCN)NC(=O)[C@H](Cc1ccc2ccccc2c1)NC(=O)[C@H](Cc1ccncc1)NC(=O)[C@@H]1CSCC[C@H](NC(C)=O)C(=O)N[C@@H](CCC(N)=O)C(=O)N[C@@H]([C@@H](C)O)C(=O)N[C@@H](Cc2c[nH]c3ccccc23)C(=O)N[C@@H](CCC(N)=O)C(=O)N1)C(=O)N[C@@H](CC(N)=O)C(=O)NCC(N)=O. The van der Waals surface area contributed by atoms with E-state index in [1.165, 1.54) is 38.4 Å². The van der Waals surface area contributed by atoms with Gasteiger partial charge >= 0.3 is 0 Å². The molecule has 6 rings (SSSR count). The molecule has 0 bridgehead atoms. The fourth-order valence-electron chi connectivity index (χ4n) is 12.5. The van der Waals surface area contributed by atoms with Crippen molar-refractivity contribution in [3.63, 3.8) is 0 Å². The Kier molecular flexibility index (Phi) is 36.3. The first-order valence-corrected chi connectivity index (χ1v) is 38.6. The lowest BCUT2D eigenvalue weighted by molar-refractivity contribution is -0.138. The summed E-state index contributed by atoms with van der Waals surface area (Å²) in [4.78, 5) is 243. The van der Waals surface area contributed by atoms with E-state index >= 15 is 24.0 Å². The number of aromatic nitrogens is 2. The Hall–Kier alpha value is -12.1. The number of nitrogens with one attached hydrogen (secondary N) is 14. The number of hydrogen-bond donors (Lipinski definition) is 20. The Morgan fingerprint density at radius 2 is 1.21 bits per heavy atom. The average molecular weight is 1620 g/mol. The molecular formula is C76H104N20O18S. The van der Waals surface area contributed by atoms with E-state index in [0.717, 1.165) is 36.4 Å². The summed E-state index contributed by atoms with van der Waals surface area (Å²) >= 11 is 0.935. The number of rotatable bonds is 38. The highest BCUT2D eigenvalue weighted by Crippen LogP contribution is 2.23. The number of primary amides is 4. The zero-order valence-electron chi connectivity index (χ0n) is 64.4. The fraction of sp³-hybridized carbons (Fsp3) is 0.474. The molecule has 25 N–H and O–H groups in total. The molecule has 0 unspecified atom stereocenters. The number of carbonyl (C=O) groups excluding carboxylic acids is 17. The van der Waals surface area contributed by atoms with Crippen LogP contribution in [0.2, 0.25) is 0 Å². The number of benzene rings is 3. The minimum absolute atomic E-state index is 0.128. The van der Waals surface area contributed by atoms with E-state index < -0.39 is 211 Å². The van der Waals surface area contributed by atoms with Crippen LogP contribution < -0.4 is 97.8 Å². The lowest BCUT2D eigenvalue weighted by Crippen LogP contribution is -2.64. The number of aliphatic hydroxyl groups excluding tert-OH is 1. The number of thioether (sulfide) groups is 1. The Balaban J connectivity index is 1.43. The molecule has 38 nitrogen and oxygen atoms in total. The van der Waals surface area contributed by atoms with Crippen LogP contribution in [-0.2, 0) is 101 Å². The van der Waals surface area contributed by atoms with Gasteiger partial charge < -0.3 is 108 Å². The molecule has 622 valence electrons. The van der Waals surface area contributed by atoms with Crippen molar-refractivity contribution < 1.29 is 86.6 Å². The van der Waals surface area contributed by atoms with E-state index in [-0.39, 0.29) is 82.5 Å². The van der Waals surface area contributed by atoms with Gasteiger partial charge in [-0.15, -0.1) is 0 Å². The second kappa shape index (κ2) is 45.5. The molecule has 0 aliphatic carbocycles. The molecule has 0 saturated carbocycles. The molecule has 3 heterocycles. The van der Waals surface area contributed by atoms with Gasteiger partial charge in [0, 0.05) is 87.7 Å². The maximum Gasteiger partial charge on any atom is 0.246 e. The summed E-state index contributed by atoms with van der Waals surface area (Å²) in [5.74, 6) is -16.9. The average Bonchev–Trinajstić information content (AvgIpc) is 0.954. The predicted octanol–water partition coefficient (Wildman–Crippen LogP) is -4.55. The molecular weight excluding hydrogens is 1510 g/mol. The second-order valence-electron chi connectivity index (χ2n) is 28.2. The zero-order chi connectivity index (χ0) is 84.5. The van der Waals surface area contributed by atoms with Crippen molar-refractivity contribution in [1.29, 1.82) is 0 Å². The minimum Gasteiger partial charge on any atom is -0.391 e. The van der Waals surface area contributed by atoms with Crippen LogP contribution >= 0.6 is 11.8 Å². The maximum absolute atomic E-state index is 15.6. The van der Waals surface area contributed by atoms with Crippen LogP contribution in [0.4, 0.5) is 0 Å². The highest BCUT2D eigenvalue weighted by Gasteiger charge is 2.42. The van der Waals surface area contributed by atoms with Crippen molar-refractivity contribution >= 4 is 134 Å². The van der Waals surface area contributed by atoms with E-state index in [1.54, 1.807) is 54.7 Å². The summed E-state index contributed by atoms with van der Waals surface area (Å²) < 4.78 is 0. The first-order valence-electron chi connectivity index (χ1n) is 37.5. The van der Waals surface area contributed by atoms with Gasteiger partial charge in [-0.2, -0.15) is 11.8 Å². The molecule has 1 saturated heterocycles. The van der Waals surface area contributed by atoms with Crippen LogP contribution in [0, 0.1) is 0 Å². The zero-order valence-corrected chi connectivity index (χ0v) is 65.2. The van der Waals surface area contributed by atoms with Gasteiger partial charge in [0.05, 0.1) is 19.1 Å². The highest BCUT2D eigenvalue weighted by atomic mass is 32.2. The van der Waals surface area contributed by atoms with E-state index in [2.05, 4.69) is 79.1 Å². The third-order valence-electron chi connectivity index (χ3n) is 18.7. The van der Waals surface area contributed by atoms with Gasteiger partial charge in [-0.3, -0.25) is 86.5 Å². The first-order chi connectivity index (χ1) is 54.6. The van der Waals surface area contributed by atoms with Crippen LogP contribution in [0.25, 0.3) is 21.7 Å². The third-order valence-corrected chi connectivity index (χ3v) is 19.8. The van der Waals surface area contributed by atoms with Gasteiger partial charge in [-0.25, -0.2) is 0 Å². The number of fused-ring (bicyclic) bond motifs is 2. The van der Waals surface area contributed by atoms with Gasteiger partial charge in [0.1, 0.15) is 66.0 Å². The molecule has 115 heavy (non-hydrogen) atoms. The second-order valence-corrected chi connectivity index (χ2v) is 29.4. The van der Waals surface area contributed by atoms with Crippen LogP contribution in [0.15, 0.2) is 97.5 Å². The number of pyridine rings is 1. The van der Waals surface area contributed by atoms with E-state index in [0.29, 0.717) is 34.0 Å². The van der Waals surface area contributed by atoms with E-state index in [4.69, 9.17) is 28.7 Å². The Labute approximate surface area is 666 Å². The smallest absolute Gasteiger partial charge is 0.246 e. The number of aromatic amines is 1. The minimum atomic E-state index is -1.99. The van der Waals surface area contributed by atoms with Crippen LogP contribution in [0.3, 0.4) is 0 Å². The number of amides is 17. The largest absolute Gasteiger partial charge is 0.391 e. The highest BCUT2D eigenvalue weighted by molar-refractivity contribution is 7.99. The Bertz CT molecular complexity index is 4320. The van der Waals surface area contributed by atoms with Crippen molar-refractivity contribution in [2.45, 2.75) is 196 Å². The Morgan fingerprint density at radius 3 is 1.85 bits per heavy atom. The first kappa shape index (κ1) is 91.7. The van der Waals surface area contributed by atoms with Gasteiger partial charge in [0.25, 0.3) is 0 Å². The lowest BCUT2D eigenvalue weighted by atomic mass is 9.91. The molecule has 39 heteroatoms. The normalized spacial score (nSPS) is 19.0. The third kappa shape index (κ3) is 30.4. The molecule has 0 radical (unpaired) electrons. The fourth-order valence-corrected chi connectivity index (χ4v) is 13.6. The summed E-state index contributed by atoms with van der Waals surface area (Å²) in [7, 11) is 0. The molecule has 1 aliphatic heterocycles. The molecule has 2 aromatic heterocycles. The van der Waals surface area contributed by atoms with Crippen LogP contribution in [-0.4, -0.2) is 219 Å². The monoisotopic (exact) mass is 1620 g/mol. The molecule has 0 spiro atoms. The molecule has 1 aliphatic rings. The summed E-state index contributed by atoms with van der Waals surface area (Å²) in [5.41, 5.74) is 27.7. The van der Waals surface area contributed by atoms with Crippen molar-refractivity contribution in [2.24, 2.45) is 28.7 Å². The van der Waals surface area contributed by atoms with Crippen molar-refractivity contribution in [1.82, 2.24) is 79.1 Å². The molecule has 17 amide bonds. The lowest BCUT2D eigenvalue weighted by Gasteiger charge is -2.34. The van der Waals surface area contributed by atoms with E-state index in [9.17, 15) is 62.6 Å². The summed E-state index contributed by atoms with van der Waals surface area (Å²) in [5, 5.41) is 46.7. The summed E-state index contributed by atoms with van der Waals surface area (Å²) in [6.45, 7) is 4.52. The number of hydrogen-bond acceptors (Lipinski definition) is 21. The summed E-state index contributed by atoms with van der Waals surface area (Å²) in [6.07, 6.45) is -0.699. The van der Waals surface area contributed by atoms with Crippen molar-refractivity contribution in [2.75, 3.05) is 31.1 Å². The van der Waals surface area contributed by atoms with Gasteiger partial charge in [0.15, 0.2) is 0 Å². The number of nitrogens with two attached hydrogens (primary N) is 5. The molecule has 1 fully saturated rings. The number of carbonyl (C=O) groups is 17. The topological polar surface area (TPSA) is 626 Å².